The average Bonchev–Trinajstić information content (AvgIpc) is 2.14. The molecule has 0 saturated heterocycles. The van der Waals surface area contributed by atoms with Gasteiger partial charge in [0.05, 0.1) is 0 Å². The third-order valence-corrected chi connectivity index (χ3v) is 1.85. The van der Waals surface area contributed by atoms with Crippen LogP contribution in [0.2, 0.25) is 0 Å². The van der Waals surface area contributed by atoms with Gasteiger partial charge in [-0.05, 0) is 23.9 Å². The molecule has 0 saturated carbocycles. The van der Waals surface area contributed by atoms with Crippen LogP contribution in [0.3, 0.4) is 0 Å². The number of anilines is 1. The molecule has 1 aromatic rings. The lowest BCUT2D eigenvalue weighted by Crippen LogP contribution is -2.04. The van der Waals surface area contributed by atoms with Crippen LogP contribution in [-0.4, -0.2) is 0 Å². The molecule has 0 unspecified atom stereocenters. The summed E-state index contributed by atoms with van der Waals surface area (Å²) in [5.41, 5.74) is 3.82. The largest absolute Gasteiger partial charge is 0.315 e. The molecule has 0 amide bonds. The Hall–Kier alpha value is -0.250. The molecule has 0 aliphatic heterocycles. The van der Waals surface area contributed by atoms with Crippen molar-refractivity contribution in [1.29, 1.82) is 0 Å². The fourth-order valence-corrected chi connectivity index (χ4v) is 1.21. The van der Waals surface area contributed by atoms with Crippen molar-refractivity contribution in [2.75, 3.05) is 5.43 Å². The lowest BCUT2D eigenvalue weighted by molar-refractivity contribution is 1.38. The summed E-state index contributed by atoms with van der Waals surface area (Å²) in [6.45, 7) is 2.04. The molecule has 1 heterocycles. The maximum absolute atomic E-state index is 5.12. The number of halogens is 1. The first-order valence-electron chi connectivity index (χ1n) is 2.34. The number of aryl methyl sites for hydroxylation is 1. The molecule has 9 heavy (non-hydrogen) atoms. The number of rotatable bonds is 1. The molecule has 0 atom stereocenters. The molecule has 0 bridgehead atoms. The fourth-order valence-electron chi connectivity index (χ4n) is 0.507. The first-order valence-corrected chi connectivity index (χ1v) is 3.22. The van der Waals surface area contributed by atoms with Gasteiger partial charge < -0.3 is 5.43 Å². The van der Waals surface area contributed by atoms with E-state index < -0.39 is 0 Å². The molecular formula is C5H9ClN2S. The highest BCUT2D eigenvalue weighted by atomic mass is 35.5. The molecule has 0 aromatic carbocycles. The minimum atomic E-state index is 0. The Morgan fingerprint density at radius 3 is 2.56 bits per heavy atom. The Kier molecular flexibility index (Phi) is 3.61. The van der Waals surface area contributed by atoms with Crippen molar-refractivity contribution >= 4 is 28.7 Å². The summed E-state index contributed by atoms with van der Waals surface area (Å²) in [7, 11) is 0. The molecule has 1 aromatic heterocycles. The topological polar surface area (TPSA) is 38.0 Å². The average molecular weight is 165 g/mol. The monoisotopic (exact) mass is 164 g/mol. The summed E-state index contributed by atoms with van der Waals surface area (Å²) in [5.74, 6) is 5.12. The van der Waals surface area contributed by atoms with Crippen LogP contribution < -0.4 is 11.3 Å². The van der Waals surface area contributed by atoms with Gasteiger partial charge in [0.2, 0.25) is 0 Å². The van der Waals surface area contributed by atoms with Crippen LogP contribution >= 0.6 is 23.7 Å². The van der Waals surface area contributed by atoms with E-state index in [2.05, 4.69) is 10.8 Å². The van der Waals surface area contributed by atoms with Gasteiger partial charge in [-0.25, -0.2) is 5.84 Å². The van der Waals surface area contributed by atoms with Gasteiger partial charge in [0.1, 0.15) is 5.00 Å². The van der Waals surface area contributed by atoms with E-state index in [1.54, 1.807) is 11.3 Å². The highest BCUT2D eigenvalue weighted by molar-refractivity contribution is 7.14. The van der Waals surface area contributed by atoms with E-state index in [0.717, 1.165) is 5.00 Å². The van der Waals surface area contributed by atoms with Gasteiger partial charge in [0, 0.05) is 0 Å². The van der Waals surface area contributed by atoms with Crippen molar-refractivity contribution in [1.82, 2.24) is 0 Å². The zero-order valence-electron chi connectivity index (χ0n) is 5.05. The zero-order chi connectivity index (χ0) is 5.98. The summed E-state index contributed by atoms with van der Waals surface area (Å²) < 4.78 is 0. The standard InChI is InChI=1S/C5H8N2S.ClH/c1-4-2-5(7-6)8-3-4;/h2-3,7H,6H2,1H3;1H. The Bertz CT molecular complexity index is 175. The minimum Gasteiger partial charge on any atom is -0.315 e. The normalized spacial score (nSPS) is 8.22. The highest BCUT2D eigenvalue weighted by Crippen LogP contribution is 2.17. The second-order valence-electron chi connectivity index (χ2n) is 1.63. The van der Waals surface area contributed by atoms with Crippen LogP contribution in [0.25, 0.3) is 0 Å². The predicted molar refractivity (Wildman–Crippen MR) is 44.1 cm³/mol. The Morgan fingerprint density at radius 1 is 1.67 bits per heavy atom. The van der Waals surface area contributed by atoms with E-state index in [4.69, 9.17) is 5.84 Å². The molecule has 3 N–H and O–H groups in total. The third-order valence-electron chi connectivity index (χ3n) is 0.873. The van der Waals surface area contributed by atoms with E-state index in [-0.39, 0.29) is 12.4 Å². The summed E-state index contributed by atoms with van der Waals surface area (Å²) in [6, 6.07) is 2.00. The first-order chi connectivity index (χ1) is 3.83. The number of thiophene rings is 1. The van der Waals surface area contributed by atoms with E-state index in [0.29, 0.717) is 0 Å². The van der Waals surface area contributed by atoms with Crippen LogP contribution in [0.5, 0.6) is 0 Å². The second kappa shape index (κ2) is 3.71. The summed E-state index contributed by atoms with van der Waals surface area (Å²) in [4.78, 5) is 0. The Morgan fingerprint density at radius 2 is 2.33 bits per heavy atom. The lowest BCUT2D eigenvalue weighted by atomic mass is 10.4. The van der Waals surface area contributed by atoms with E-state index in [1.807, 2.05) is 13.0 Å². The molecule has 0 radical (unpaired) electrons. The molecule has 52 valence electrons. The van der Waals surface area contributed by atoms with Crippen molar-refractivity contribution in [3.8, 4) is 0 Å². The van der Waals surface area contributed by atoms with Gasteiger partial charge in [-0.2, -0.15) is 0 Å². The van der Waals surface area contributed by atoms with Crippen molar-refractivity contribution in [3.05, 3.63) is 17.0 Å². The minimum absolute atomic E-state index is 0. The molecule has 2 nitrogen and oxygen atoms in total. The van der Waals surface area contributed by atoms with Gasteiger partial charge in [0.25, 0.3) is 0 Å². The second-order valence-corrected chi connectivity index (χ2v) is 2.54. The van der Waals surface area contributed by atoms with Crippen molar-refractivity contribution in [2.45, 2.75) is 6.92 Å². The summed E-state index contributed by atoms with van der Waals surface area (Å²) in [5, 5.41) is 3.07. The van der Waals surface area contributed by atoms with Crippen molar-refractivity contribution in [2.24, 2.45) is 5.84 Å². The smallest absolute Gasteiger partial charge is 0.103 e. The fraction of sp³-hybridized carbons (Fsp3) is 0.200. The Balaban J connectivity index is 0.000000640. The number of nitrogens with two attached hydrogens (primary N) is 1. The quantitative estimate of drug-likeness (QED) is 0.491. The van der Waals surface area contributed by atoms with Crippen LogP contribution in [0, 0.1) is 6.92 Å². The first kappa shape index (κ1) is 8.75. The van der Waals surface area contributed by atoms with Gasteiger partial charge in [-0.1, -0.05) is 0 Å². The predicted octanol–water partition coefficient (Wildman–Crippen LogP) is 1.76. The summed E-state index contributed by atoms with van der Waals surface area (Å²) in [6.07, 6.45) is 0. The zero-order valence-corrected chi connectivity index (χ0v) is 6.68. The van der Waals surface area contributed by atoms with Crippen LogP contribution in [0.1, 0.15) is 5.56 Å². The number of hydrogen-bond donors (Lipinski definition) is 2. The number of nitrogens with one attached hydrogen (secondary N) is 1. The van der Waals surface area contributed by atoms with Crippen LogP contribution in [0.4, 0.5) is 5.00 Å². The summed E-state index contributed by atoms with van der Waals surface area (Å²) >= 11 is 1.61. The maximum atomic E-state index is 5.12. The molecule has 4 heteroatoms. The van der Waals surface area contributed by atoms with Crippen LogP contribution in [0.15, 0.2) is 11.4 Å². The van der Waals surface area contributed by atoms with E-state index >= 15 is 0 Å². The molecule has 0 aliphatic rings. The molecular weight excluding hydrogens is 156 g/mol. The number of hydrazine groups is 1. The number of nitrogen functional groups attached to an aromatic ring is 1. The van der Waals surface area contributed by atoms with Crippen molar-refractivity contribution < 1.29 is 0 Å². The Labute approximate surface area is 64.4 Å². The van der Waals surface area contributed by atoms with Gasteiger partial charge in [-0.3, -0.25) is 0 Å². The SMILES string of the molecule is Cc1csc(NN)c1.Cl. The maximum Gasteiger partial charge on any atom is 0.103 e. The third kappa shape index (κ3) is 2.22. The number of hydrogen-bond acceptors (Lipinski definition) is 3. The van der Waals surface area contributed by atoms with Gasteiger partial charge in [-0.15, -0.1) is 23.7 Å². The van der Waals surface area contributed by atoms with Crippen molar-refractivity contribution in [3.63, 3.8) is 0 Å². The van der Waals surface area contributed by atoms with E-state index in [1.165, 1.54) is 5.56 Å². The van der Waals surface area contributed by atoms with Gasteiger partial charge in [0.15, 0.2) is 0 Å². The van der Waals surface area contributed by atoms with Gasteiger partial charge >= 0.3 is 0 Å². The molecule has 0 aliphatic carbocycles. The molecule has 0 fully saturated rings. The lowest BCUT2D eigenvalue weighted by Gasteiger charge is -1.86. The highest BCUT2D eigenvalue weighted by Gasteiger charge is 1.88. The molecule has 1 rings (SSSR count). The molecule has 0 spiro atoms. The van der Waals surface area contributed by atoms with Crippen LogP contribution in [-0.2, 0) is 0 Å². The van der Waals surface area contributed by atoms with E-state index in [9.17, 15) is 0 Å².